The maximum atomic E-state index is 11.1. The second-order valence-corrected chi connectivity index (χ2v) is 3.63. The molecule has 1 N–H and O–H groups in total. The predicted octanol–water partition coefficient (Wildman–Crippen LogP) is 3.08. The Kier molecular flexibility index (Phi) is 5.86. The van der Waals surface area contributed by atoms with E-state index < -0.39 is 0 Å². The highest BCUT2D eigenvalue weighted by molar-refractivity contribution is 5.87. The van der Waals surface area contributed by atoms with Crippen LogP contribution in [0.15, 0.2) is 30.3 Å². The van der Waals surface area contributed by atoms with Gasteiger partial charge >= 0.3 is 5.97 Å². The normalized spacial score (nSPS) is 10.5. The first-order chi connectivity index (χ1) is 8.26. The van der Waals surface area contributed by atoms with Crippen molar-refractivity contribution >= 4 is 17.7 Å². The molecule has 0 heterocycles. The zero-order valence-electron chi connectivity index (χ0n) is 10.4. The quantitative estimate of drug-likeness (QED) is 0.606. The average molecular weight is 233 g/mol. The van der Waals surface area contributed by atoms with Crippen molar-refractivity contribution in [1.82, 2.24) is 0 Å². The van der Waals surface area contributed by atoms with Crippen molar-refractivity contribution in [1.29, 1.82) is 0 Å². The van der Waals surface area contributed by atoms with Crippen molar-refractivity contribution in [3.05, 3.63) is 35.9 Å². The minimum absolute atomic E-state index is 0.305. The van der Waals surface area contributed by atoms with Crippen LogP contribution < -0.4 is 5.32 Å². The Labute approximate surface area is 102 Å². The van der Waals surface area contributed by atoms with E-state index in [2.05, 4.69) is 12.2 Å². The fourth-order valence-corrected chi connectivity index (χ4v) is 1.34. The lowest BCUT2D eigenvalue weighted by Gasteiger charge is -2.04. The van der Waals surface area contributed by atoms with Crippen molar-refractivity contribution in [2.24, 2.45) is 0 Å². The van der Waals surface area contributed by atoms with Gasteiger partial charge in [0.05, 0.1) is 6.61 Å². The van der Waals surface area contributed by atoms with Crippen LogP contribution in [-0.4, -0.2) is 19.1 Å². The van der Waals surface area contributed by atoms with Gasteiger partial charge in [-0.25, -0.2) is 4.79 Å². The fourth-order valence-electron chi connectivity index (χ4n) is 1.34. The number of anilines is 1. The molecule has 1 rings (SSSR count). The lowest BCUT2D eigenvalue weighted by atomic mass is 10.2. The van der Waals surface area contributed by atoms with E-state index in [0.29, 0.717) is 6.61 Å². The molecule has 1 aromatic rings. The van der Waals surface area contributed by atoms with Gasteiger partial charge in [0.2, 0.25) is 0 Å². The third-order valence-electron chi connectivity index (χ3n) is 2.19. The number of nitrogens with one attached hydrogen (secondary N) is 1. The van der Waals surface area contributed by atoms with Crippen molar-refractivity contribution < 1.29 is 9.53 Å². The van der Waals surface area contributed by atoms with Gasteiger partial charge in [-0.2, -0.15) is 0 Å². The van der Waals surface area contributed by atoms with E-state index in [1.54, 1.807) is 13.0 Å². The van der Waals surface area contributed by atoms with Crippen LogP contribution in [0.4, 0.5) is 5.69 Å². The van der Waals surface area contributed by atoms with Crippen molar-refractivity contribution in [3.63, 3.8) is 0 Å². The van der Waals surface area contributed by atoms with Gasteiger partial charge in [-0.1, -0.05) is 19.1 Å². The third-order valence-corrected chi connectivity index (χ3v) is 2.19. The van der Waals surface area contributed by atoms with Gasteiger partial charge in [0.15, 0.2) is 0 Å². The molecule has 0 amide bonds. The minimum Gasteiger partial charge on any atom is -0.463 e. The van der Waals surface area contributed by atoms with E-state index >= 15 is 0 Å². The van der Waals surface area contributed by atoms with E-state index in [1.165, 1.54) is 6.08 Å². The maximum absolute atomic E-state index is 11.1. The van der Waals surface area contributed by atoms with E-state index in [4.69, 9.17) is 4.74 Å². The van der Waals surface area contributed by atoms with Gasteiger partial charge in [-0.05, 0) is 37.1 Å². The number of benzene rings is 1. The van der Waals surface area contributed by atoms with E-state index in [1.807, 2.05) is 24.3 Å². The molecule has 0 unspecified atom stereocenters. The lowest BCUT2D eigenvalue weighted by molar-refractivity contribution is -0.137. The summed E-state index contributed by atoms with van der Waals surface area (Å²) in [6.45, 7) is 5.30. The van der Waals surface area contributed by atoms with Gasteiger partial charge in [-0.3, -0.25) is 0 Å². The van der Waals surface area contributed by atoms with E-state index in [0.717, 1.165) is 24.2 Å². The Bertz CT molecular complexity index is 368. The molecule has 0 bridgehead atoms. The Morgan fingerprint density at radius 3 is 2.59 bits per heavy atom. The highest BCUT2D eigenvalue weighted by Crippen LogP contribution is 2.10. The molecule has 3 heteroatoms. The smallest absolute Gasteiger partial charge is 0.330 e. The van der Waals surface area contributed by atoms with Gasteiger partial charge in [0.1, 0.15) is 0 Å². The van der Waals surface area contributed by atoms with Crippen molar-refractivity contribution in [2.75, 3.05) is 18.5 Å². The Hall–Kier alpha value is -1.77. The standard InChI is InChI=1S/C14H19NO2/c1-3-11-15-13-8-5-12(6-9-13)7-10-14(16)17-4-2/h5-10,15H,3-4,11H2,1-2H3/b10-7+. The van der Waals surface area contributed by atoms with Gasteiger partial charge in [0, 0.05) is 18.3 Å². The fraction of sp³-hybridized carbons (Fsp3) is 0.357. The highest BCUT2D eigenvalue weighted by Gasteiger charge is 1.94. The highest BCUT2D eigenvalue weighted by atomic mass is 16.5. The number of hydrogen-bond acceptors (Lipinski definition) is 3. The summed E-state index contributed by atoms with van der Waals surface area (Å²) in [5.41, 5.74) is 2.08. The molecular formula is C14H19NO2. The number of carbonyl (C=O) groups is 1. The Balaban J connectivity index is 2.53. The molecule has 1 aromatic carbocycles. The zero-order valence-corrected chi connectivity index (χ0v) is 10.4. The largest absolute Gasteiger partial charge is 0.463 e. The van der Waals surface area contributed by atoms with Crippen molar-refractivity contribution in [2.45, 2.75) is 20.3 Å². The second-order valence-electron chi connectivity index (χ2n) is 3.63. The average Bonchev–Trinajstić information content (AvgIpc) is 2.35. The Morgan fingerprint density at radius 2 is 2.00 bits per heavy atom. The summed E-state index contributed by atoms with van der Waals surface area (Å²) in [6.07, 6.45) is 4.30. The van der Waals surface area contributed by atoms with Crippen LogP contribution in [0.5, 0.6) is 0 Å². The van der Waals surface area contributed by atoms with Crippen LogP contribution >= 0.6 is 0 Å². The number of carbonyl (C=O) groups excluding carboxylic acids is 1. The molecule has 0 spiro atoms. The van der Waals surface area contributed by atoms with Crippen LogP contribution in [0.2, 0.25) is 0 Å². The van der Waals surface area contributed by atoms with Gasteiger partial charge in [-0.15, -0.1) is 0 Å². The summed E-state index contributed by atoms with van der Waals surface area (Å²) in [5, 5.41) is 3.29. The molecule has 0 aromatic heterocycles. The zero-order chi connectivity index (χ0) is 12.5. The molecule has 0 aliphatic carbocycles. The molecule has 0 atom stereocenters. The molecule has 0 saturated heterocycles. The number of ether oxygens (including phenoxy) is 1. The molecule has 3 nitrogen and oxygen atoms in total. The molecule has 0 radical (unpaired) electrons. The summed E-state index contributed by atoms with van der Waals surface area (Å²) in [7, 11) is 0. The molecule has 0 saturated carbocycles. The molecule has 17 heavy (non-hydrogen) atoms. The lowest BCUT2D eigenvalue weighted by Crippen LogP contribution is -1.99. The number of esters is 1. The Morgan fingerprint density at radius 1 is 1.29 bits per heavy atom. The predicted molar refractivity (Wildman–Crippen MR) is 70.9 cm³/mol. The first-order valence-corrected chi connectivity index (χ1v) is 5.95. The summed E-state index contributed by atoms with van der Waals surface area (Å²) < 4.78 is 4.80. The van der Waals surface area contributed by atoms with Crippen LogP contribution in [-0.2, 0) is 9.53 Å². The summed E-state index contributed by atoms with van der Waals surface area (Å²) in [4.78, 5) is 11.1. The summed E-state index contributed by atoms with van der Waals surface area (Å²) in [5.74, 6) is -0.305. The third kappa shape index (κ3) is 5.20. The van der Waals surface area contributed by atoms with Gasteiger partial charge < -0.3 is 10.1 Å². The first-order valence-electron chi connectivity index (χ1n) is 5.95. The van der Waals surface area contributed by atoms with Crippen molar-refractivity contribution in [3.8, 4) is 0 Å². The molecule has 92 valence electrons. The van der Waals surface area contributed by atoms with Crippen LogP contribution in [0.3, 0.4) is 0 Å². The number of hydrogen-bond donors (Lipinski definition) is 1. The minimum atomic E-state index is -0.305. The van der Waals surface area contributed by atoms with E-state index in [9.17, 15) is 4.79 Å². The molecular weight excluding hydrogens is 214 g/mol. The summed E-state index contributed by atoms with van der Waals surface area (Å²) >= 11 is 0. The van der Waals surface area contributed by atoms with Crippen LogP contribution in [0.25, 0.3) is 6.08 Å². The summed E-state index contributed by atoms with van der Waals surface area (Å²) in [6, 6.07) is 7.93. The second kappa shape index (κ2) is 7.49. The first kappa shape index (κ1) is 13.3. The molecule has 0 aliphatic rings. The van der Waals surface area contributed by atoms with Crippen LogP contribution in [0.1, 0.15) is 25.8 Å². The maximum Gasteiger partial charge on any atom is 0.330 e. The molecule has 0 aliphatic heterocycles. The van der Waals surface area contributed by atoms with Gasteiger partial charge in [0.25, 0.3) is 0 Å². The monoisotopic (exact) mass is 233 g/mol. The topological polar surface area (TPSA) is 38.3 Å². The SMILES string of the molecule is CCCNc1ccc(/C=C/C(=O)OCC)cc1. The molecule has 0 fully saturated rings. The van der Waals surface area contributed by atoms with Crippen LogP contribution in [0, 0.1) is 0 Å². The number of rotatable bonds is 6. The van der Waals surface area contributed by atoms with E-state index in [-0.39, 0.29) is 5.97 Å².